The molecule has 0 fully saturated rings. The van der Waals surface area contributed by atoms with Crippen molar-refractivity contribution in [3.8, 4) is 5.75 Å². The van der Waals surface area contributed by atoms with Gasteiger partial charge in [-0.05, 0) is 48.6 Å². The highest BCUT2D eigenvalue weighted by molar-refractivity contribution is 5.91. The van der Waals surface area contributed by atoms with Gasteiger partial charge in [0.2, 0.25) is 5.91 Å². The second-order valence-electron chi connectivity index (χ2n) is 6.12. The number of aryl methyl sites for hydroxylation is 3. The molecule has 0 unspecified atom stereocenters. The fourth-order valence-electron chi connectivity index (χ4n) is 2.71. The van der Waals surface area contributed by atoms with Gasteiger partial charge < -0.3 is 4.74 Å². The molecule has 1 N–H and O–H groups in total. The molecule has 0 radical (unpaired) electrons. The molecule has 2 aromatic rings. The van der Waals surface area contributed by atoms with E-state index in [1.165, 1.54) is 5.56 Å². The Hall–Kier alpha value is -2.33. The zero-order valence-electron chi connectivity index (χ0n) is 15.5. The highest BCUT2D eigenvalue weighted by Crippen LogP contribution is 2.26. The summed E-state index contributed by atoms with van der Waals surface area (Å²) in [6, 6.07) is 11.8. The summed E-state index contributed by atoms with van der Waals surface area (Å²) in [6.45, 7) is 8.24. The van der Waals surface area contributed by atoms with Gasteiger partial charge in [-0.15, -0.1) is 0 Å². The molecule has 0 saturated heterocycles. The van der Waals surface area contributed by atoms with E-state index in [1.54, 1.807) is 13.0 Å². The first-order valence-corrected chi connectivity index (χ1v) is 8.86. The minimum Gasteiger partial charge on any atom is -0.489 e. The van der Waals surface area contributed by atoms with E-state index in [-0.39, 0.29) is 12.3 Å². The van der Waals surface area contributed by atoms with Crippen molar-refractivity contribution in [3.63, 3.8) is 0 Å². The zero-order chi connectivity index (χ0) is 18.4. The molecular weight excluding hydrogens is 314 g/mol. The summed E-state index contributed by atoms with van der Waals surface area (Å²) in [7, 11) is 0. The Labute approximate surface area is 150 Å². The van der Waals surface area contributed by atoms with Gasteiger partial charge in [0.15, 0.2) is 0 Å². The topological polar surface area (TPSA) is 49.8 Å². The van der Waals surface area contributed by atoms with Crippen molar-refractivity contribution >= 4 is 11.6 Å². The van der Waals surface area contributed by atoms with Crippen LogP contribution in [0.3, 0.4) is 0 Å². The average Bonchev–Trinajstić information content (AvgIpc) is 2.65. The number of ether oxygens (including phenoxy) is 1. The second-order valence-corrected chi connectivity index (χ2v) is 6.12. The van der Waals surface area contributed by atoms with Gasteiger partial charge in [0.1, 0.15) is 12.4 Å². The molecule has 4 heteroatoms. The monoisotopic (exact) mass is 341 g/mol. The number of carbonyl (C=O) groups is 1. The SMILES string of the molecule is CCC(=O)N(O)c1ccc(CC)cc1COc1ccc(CC)cc1C. The lowest BCUT2D eigenvalue weighted by Crippen LogP contribution is -2.27. The van der Waals surface area contributed by atoms with Crippen LogP contribution < -0.4 is 9.80 Å². The van der Waals surface area contributed by atoms with Crippen molar-refractivity contribution in [2.24, 2.45) is 0 Å². The van der Waals surface area contributed by atoms with Crippen LogP contribution in [-0.2, 0) is 24.2 Å². The Morgan fingerprint density at radius 1 is 1.04 bits per heavy atom. The van der Waals surface area contributed by atoms with Crippen LogP contribution in [-0.4, -0.2) is 11.1 Å². The van der Waals surface area contributed by atoms with E-state index < -0.39 is 0 Å². The molecule has 0 heterocycles. The lowest BCUT2D eigenvalue weighted by atomic mass is 10.1. The number of hydrogen-bond acceptors (Lipinski definition) is 3. The molecule has 0 bridgehead atoms. The van der Waals surface area contributed by atoms with E-state index in [2.05, 4.69) is 26.0 Å². The van der Waals surface area contributed by atoms with Gasteiger partial charge in [0, 0.05) is 12.0 Å². The van der Waals surface area contributed by atoms with Gasteiger partial charge in [-0.1, -0.05) is 45.0 Å². The molecule has 0 atom stereocenters. The summed E-state index contributed by atoms with van der Waals surface area (Å²) < 4.78 is 5.98. The molecule has 2 aromatic carbocycles. The summed E-state index contributed by atoms with van der Waals surface area (Å²) in [4.78, 5) is 11.9. The van der Waals surface area contributed by atoms with Crippen LogP contribution >= 0.6 is 0 Å². The number of anilines is 1. The van der Waals surface area contributed by atoms with Gasteiger partial charge >= 0.3 is 0 Å². The van der Waals surface area contributed by atoms with Crippen LogP contribution in [0.1, 0.15) is 49.4 Å². The third kappa shape index (κ3) is 4.60. The predicted octanol–water partition coefficient (Wildman–Crippen LogP) is 4.83. The first kappa shape index (κ1) is 19.0. The van der Waals surface area contributed by atoms with Gasteiger partial charge in [0.05, 0.1) is 5.69 Å². The van der Waals surface area contributed by atoms with Crippen molar-refractivity contribution < 1.29 is 14.7 Å². The number of rotatable bonds is 7. The molecule has 134 valence electrons. The van der Waals surface area contributed by atoms with E-state index in [4.69, 9.17) is 4.74 Å². The Bertz CT molecular complexity index is 740. The van der Waals surface area contributed by atoms with E-state index >= 15 is 0 Å². The number of nitrogens with zero attached hydrogens (tertiary/aromatic N) is 1. The molecule has 25 heavy (non-hydrogen) atoms. The van der Waals surface area contributed by atoms with Crippen molar-refractivity contribution in [1.82, 2.24) is 0 Å². The lowest BCUT2D eigenvalue weighted by Gasteiger charge is -2.19. The van der Waals surface area contributed by atoms with Crippen molar-refractivity contribution in [3.05, 3.63) is 58.7 Å². The maximum atomic E-state index is 11.9. The molecule has 0 spiro atoms. The number of benzene rings is 2. The predicted molar refractivity (Wildman–Crippen MR) is 100 cm³/mol. The highest BCUT2D eigenvalue weighted by Gasteiger charge is 2.16. The molecule has 0 aromatic heterocycles. The first-order valence-electron chi connectivity index (χ1n) is 8.86. The van der Waals surface area contributed by atoms with E-state index in [0.29, 0.717) is 12.3 Å². The van der Waals surface area contributed by atoms with Gasteiger partial charge in [-0.25, -0.2) is 0 Å². The first-order chi connectivity index (χ1) is 12.0. The van der Waals surface area contributed by atoms with Gasteiger partial charge in [-0.2, -0.15) is 5.06 Å². The standard InChI is InChI=1S/C21H27NO3/c1-5-16-9-11-20(15(4)12-16)25-14-18-13-17(6-2)8-10-19(18)22(24)21(23)7-3/h8-13,24H,5-7,14H2,1-4H3. The minimum absolute atomic E-state index is 0.240. The Morgan fingerprint density at radius 3 is 2.28 bits per heavy atom. The fraction of sp³-hybridized carbons (Fsp3) is 0.381. The van der Waals surface area contributed by atoms with Gasteiger partial charge in [-0.3, -0.25) is 10.0 Å². The van der Waals surface area contributed by atoms with Crippen LogP contribution in [0.15, 0.2) is 36.4 Å². The molecule has 0 saturated carbocycles. The number of hydroxylamine groups is 1. The van der Waals surface area contributed by atoms with Crippen molar-refractivity contribution in [2.45, 2.75) is 53.6 Å². The zero-order valence-corrected chi connectivity index (χ0v) is 15.5. The summed E-state index contributed by atoms with van der Waals surface area (Å²) in [5, 5.41) is 10.9. The number of amides is 1. The van der Waals surface area contributed by atoms with Gasteiger partial charge in [0.25, 0.3) is 0 Å². The van der Waals surface area contributed by atoms with Crippen LogP contribution in [0, 0.1) is 6.92 Å². The van der Waals surface area contributed by atoms with Crippen molar-refractivity contribution in [1.29, 1.82) is 0 Å². The molecule has 2 rings (SSSR count). The van der Waals surface area contributed by atoms with Crippen molar-refractivity contribution in [2.75, 3.05) is 5.06 Å². The maximum absolute atomic E-state index is 11.9. The fourth-order valence-corrected chi connectivity index (χ4v) is 2.71. The molecule has 0 aliphatic rings. The largest absolute Gasteiger partial charge is 0.489 e. The third-order valence-electron chi connectivity index (χ3n) is 4.35. The number of hydrogen-bond donors (Lipinski definition) is 1. The average molecular weight is 341 g/mol. The van der Waals surface area contributed by atoms with E-state index in [1.807, 2.05) is 25.1 Å². The molecule has 1 amide bonds. The van der Waals surface area contributed by atoms with Crippen LogP contribution in [0.4, 0.5) is 5.69 Å². The summed E-state index contributed by atoms with van der Waals surface area (Å²) in [5.41, 5.74) is 4.76. The summed E-state index contributed by atoms with van der Waals surface area (Å²) in [5.74, 6) is 0.477. The Morgan fingerprint density at radius 2 is 1.68 bits per heavy atom. The second kappa shape index (κ2) is 8.67. The normalized spacial score (nSPS) is 10.6. The van der Waals surface area contributed by atoms with Crippen LogP contribution in [0.25, 0.3) is 0 Å². The quantitative estimate of drug-likeness (QED) is 0.579. The summed E-state index contributed by atoms with van der Waals surface area (Å²) >= 11 is 0. The molecule has 0 aliphatic heterocycles. The Kier molecular flexibility index (Phi) is 6.59. The molecule has 0 aliphatic carbocycles. The van der Waals surface area contributed by atoms with Crippen LogP contribution in [0.5, 0.6) is 5.75 Å². The lowest BCUT2D eigenvalue weighted by molar-refractivity contribution is -0.123. The van der Waals surface area contributed by atoms with E-state index in [0.717, 1.165) is 40.3 Å². The van der Waals surface area contributed by atoms with Crippen LogP contribution in [0.2, 0.25) is 0 Å². The summed E-state index contributed by atoms with van der Waals surface area (Å²) in [6.07, 6.45) is 2.11. The Balaban J connectivity index is 2.26. The minimum atomic E-state index is -0.339. The number of carbonyl (C=O) groups excluding carboxylic acids is 1. The third-order valence-corrected chi connectivity index (χ3v) is 4.35. The molecule has 4 nitrogen and oxygen atoms in total. The molecular formula is C21H27NO3. The van der Waals surface area contributed by atoms with E-state index in [9.17, 15) is 10.0 Å². The maximum Gasteiger partial charge on any atom is 0.250 e. The highest BCUT2D eigenvalue weighted by atomic mass is 16.5. The smallest absolute Gasteiger partial charge is 0.250 e.